The van der Waals surface area contributed by atoms with Crippen molar-refractivity contribution in [1.29, 1.82) is 0 Å². The van der Waals surface area contributed by atoms with E-state index >= 15 is 0 Å². The molecule has 0 aliphatic rings. The Hall–Kier alpha value is -2.22. The van der Waals surface area contributed by atoms with Crippen molar-refractivity contribution in [2.75, 3.05) is 0 Å². The van der Waals surface area contributed by atoms with Crippen LogP contribution in [0.1, 0.15) is 41.7 Å². The summed E-state index contributed by atoms with van der Waals surface area (Å²) in [6, 6.07) is 28.0. The number of benzene rings is 3. The van der Waals surface area contributed by atoms with Gasteiger partial charge in [-0.05, 0) is 151 Å². The maximum atomic E-state index is 4.59. The molecule has 3 aromatic carbocycles. The number of aromatic nitrogens is 2. The molecule has 256 valence electrons. The second-order valence-corrected chi connectivity index (χ2v) is 10.6. The molecule has 10 heteroatoms. The number of hydrogen-bond acceptors (Lipinski definition) is 2. The van der Waals surface area contributed by atoms with Gasteiger partial charge in [-0.1, -0.05) is 24.3 Å². The Labute approximate surface area is 332 Å². The van der Waals surface area contributed by atoms with Gasteiger partial charge in [-0.25, -0.2) is 9.15 Å². The molecule has 0 fully saturated rings. The van der Waals surface area contributed by atoms with E-state index in [0.29, 0.717) is 0 Å². The largest absolute Gasteiger partial charge is 1.00 e. The summed E-state index contributed by atoms with van der Waals surface area (Å²) in [7, 11) is 0. The van der Waals surface area contributed by atoms with Crippen molar-refractivity contribution >= 4 is 35.4 Å². The normalized spacial score (nSPS) is 10.5. The van der Waals surface area contributed by atoms with E-state index in [9.17, 15) is 0 Å². The minimum Gasteiger partial charge on any atom is -1.00 e. The zero-order valence-corrected chi connectivity index (χ0v) is 33.4. The maximum absolute atomic E-state index is 4.59. The van der Waals surface area contributed by atoms with Gasteiger partial charge in [0.2, 0.25) is 0 Å². The molecule has 4 nitrogen and oxygen atoms in total. The molecule has 5 aromatic rings. The second kappa shape index (κ2) is 21.0. The SMILES string of the molecule is CC=[N+](c1ccccn1)c1c(C)cc(-c2ccc(C)c(-c3cc(C)c([N+](=CC)c4ccccn4)c(C)c3)c2)cc1C.[Cl-].[Cl-].[Cl-].[Cl-].[Pd].[Pd]. The first-order chi connectivity index (χ1) is 19.8. The third-order valence-corrected chi connectivity index (χ3v) is 7.65. The smallest absolute Gasteiger partial charge is 0.327 e. The zero-order valence-electron chi connectivity index (χ0n) is 27.2. The van der Waals surface area contributed by atoms with Crippen molar-refractivity contribution in [3.05, 3.63) is 119 Å². The first-order valence-corrected chi connectivity index (χ1v) is 14.2. The van der Waals surface area contributed by atoms with Crippen LogP contribution in [0, 0.1) is 34.6 Å². The van der Waals surface area contributed by atoms with Crippen LogP contribution in [0.15, 0.2) is 91.3 Å². The van der Waals surface area contributed by atoms with E-state index in [1.165, 1.54) is 61.4 Å². The van der Waals surface area contributed by atoms with Gasteiger partial charge in [0.25, 0.3) is 0 Å². The summed E-state index contributed by atoms with van der Waals surface area (Å²) in [5.74, 6) is 1.84. The molecular formula is C37H38Cl4N4Pd2-2. The van der Waals surface area contributed by atoms with Gasteiger partial charge in [0.1, 0.15) is 23.8 Å². The van der Waals surface area contributed by atoms with Gasteiger partial charge in [0.05, 0.1) is 12.4 Å². The molecule has 2 heterocycles. The van der Waals surface area contributed by atoms with Crippen LogP contribution in [-0.4, -0.2) is 22.4 Å². The van der Waals surface area contributed by atoms with Crippen LogP contribution in [0.25, 0.3) is 22.3 Å². The van der Waals surface area contributed by atoms with Gasteiger partial charge in [0, 0.05) is 53.0 Å². The van der Waals surface area contributed by atoms with Gasteiger partial charge in [-0.2, -0.15) is 0 Å². The monoisotopic (exact) mass is 890 g/mol. The van der Waals surface area contributed by atoms with Gasteiger partial charge >= 0.3 is 11.6 Å². The van der Waals surface area contributed by atoms with Crippen LogP contribution in [-0.2, 0) is 40.8 Å². The quantitative estimate of drug-likeness (QED) is 0.105. The first-order valence-electron chi connectivity index (χ1n) is 14.2. The fraction of sp³-hybridized carbons (Fsp3) is 0.189. The summed E-state index contributed by atoms with van der Waals surface area (Å²) in [6.07, 6.45) is 7.85. The van der Waals surface area contributed by atoms with E-state index in [0.717, 1.165) is 11.6 Å². The number of aryl methyl sites for hydroxylation is 5. The van der Waals surface area contributed by atoms with Gasteiger partial charge < -0.3 is 49.6 Å². The second-order valence-electron chi connectivity index (χ2n) is 10.6. The molecule has 0 bridgehead atoms. The fourth-order valence-corrected chi connectivity index (χ4v) is 5.85. The van der Waals surface area contributed by atoms with E-state index in [1.54, 1.807) is 0 Å². The van der Waals surface area contributed by atoms with Crippen molar-refractivity contribution in [2.24, 2.45) is 0 Å². The molecule has 0 N–H and O–H groups in total. The molecular weight excluding hydrogens is 855 g/mol. The average Bonchev–Trinajstić information content (AvgIpc) is 2.97. The summed E-state index contributed by atoms with van der Waals surface area (Å²) in [6.45, 7) is 15.0. The molecule has 0 radical (unpaired) electrons. The molecule has 0 saturated heterocycles. The Bertz CT molecular complexity index is 1770. The summed E-state index contributed by atoms with van der Waals surface area (Å²) in [5, 5.41) is 0. The molecule has 2 aromatic heterocycles. The third-order valence-electron chi connectivity index (χ3n) is 7.65. The Morgan fingerprint density at radius 2 is 0.872 bits per heavy atom. The predicted octanol–water partition coefficient (Wildman–Crippen LogP) is -2.79. The molecule has 0 spiro atoms. The van der Waals surface area contributed by atoms with Crippen molar-refractivity contribution in [2.45, 2.75) is 48.5 Å². The van der Waals surface area contributed by atoms with Crippen LogP contribution < -0.4 is 58.8 Å². The number of pyridine rings is 2. The minimum absolute atomic E-state index is 0. The van der Waals surface area contributed by atoms with Crippen molar-refractivity contribution in [1.82, 2.24) is 19.1 Å². The molecule has 0 aliphatic carbocycles. The van der Waals surface area contributed by atoms with Crippen LogP contribution in [0.3, 0.4) is 0 Å². The van der Waals surface area contributed by atoms with Gasteiger partial charge in [-0.3, -0.25) is 0 Å². The van der Waals surface area contributed by atoms with E-state index in [2.05, 4.69) is 122 Å². The number of halogens is 4. The molecule has 5 rings (SSSR count). The summed E-state index contributed by atoms with van der Waals surface area (Å²) in [5.41, 5.74) is 13.4. The number of rotatable bonds is 6. The summed E-state index contributed by atoms with van der Waals surface area (Å²) in [4.78, 5) is 9.17. The first kappa shape index (κ1) is 46.9. The fourth-order valence-electron chi connectivity index (χ4n) is 5.85. The minimum atomic E-state index is 0. The summed E-state index contributed by atoms with van der Waals surface area (Å²) < 4.78 is 4.34. The topological polar surface area (TPSA) is 31.8 Å². The molecule has 0 aliphatic heterocycles. The maximum Gasteiger partial charge on any atom is 0.327 e. The Morgan fingerprint density at radius 3 is 1.23 bits per heavy atom. The van der Waals surface area contributed by atoms with Crippen molar-refractivity contribution in [3.8, 4) is 22.3 Å². The van der Waals surface area contributed by atoms with E-state index in [4.69, 9.17) is 0 Å². The van der Waals surface area contributed by atoms with Crippen LogP contribution in [0.4, 0.5) is 23.0 Å². The van der Waals surface area contributed by atoms with E-state index in [-0.39, 0.29) is 90.5 Å². The van der Waals surface area contributed by atoms with Crippen LogP contribution in [0.2, 0.25) is 0 Å². The van der Waals surface area contributed by atoms with Gasteiger partial charge in [0.15, 0.2) is 0 Å². The van der Waals surface area contributed by atoms with Crippen LogP contribution in [0.5, 0.6) is 0 Å². The zero-order chi connectivity index (χ0) is 29.1. The van der Waals surface area contributed by atoms with E-state index in [1.807, 2.05) is 48.8 Å². The van der Waals surface area contributed by atoms with Crippen molar-refractivity contribution < 1.29 is 90.5 Å². The van der Waals surface area contributed by atoms with Crippen molar-refractivity contribution in [3.63, 3.8) is 0 Å². The Balaban J connectivity index is 0. The van der Waals surface area contributed by atoms with Gasteiger partial charge in [-0.15, -0.1) is 0 Å². The predicted molar refractivity (Wildman–Crippen MR) is 176 cm³/mol. The molecule has 47 heavy (non-hydrogen) atoms. The number of nitrogens with zero attached hydrogens (tertiary/aromatic N) is 4. The number of hydrogen-bond donors (Lipinski definition) is 0. The molecule has 0 amide bonds. The summed E-state index contributed by atoms with van der Waals surface area (Å²) >= 11 is 0. The average molecular weight is 893 g/mol. The molecule has 0 unspecified atom stereocenters. The van der Waals surface area contributed by atoms with E-state index < -0.39 is 0 Å². The standard InChI is InChI=1S/C37H38N4.4ClH.2Pd/c1-8-40(34-14-10-12-18-38-34)36-26(4)20-31(21-27(36)5)30-17-16-25(3)33(24-30)32-22-28(6)37(29(7)23-32)41(9-2)35-15-11-13-19-39-35;;;;;;/h8-24H,1-7H3;4*1H;;/q+2;;;;;;/p-4. The molecule has 0 saturated carbocycles. The third kappa shape index (κ3) is 10.2. The molecule has 0 atom stereocenters. The van der Waals surface area contributed by atoms with Crippen LogP contribution >= 0.6 is 0 Å². The Kier molecular flexibility index (Phi) is 21.0. The Morgan fingerprint density at radius 1 is 0.468 bits per heavy atom.